The molecule has 0 aliphatic carbocycles. The van der Waals surface area contributed by atoms with E-state index in [1.807, 2.05) is 18.2 Å². The molecule has 0 amide bonds. The van der Waals surface area contributed by atoms with Crippen LogP contribution >= 0.6 is 39.1 Å². The van der Waals surface area contributed by atoms with Crippen molar-refractivity contribution in [1.82, 2.24) is 0 Å². The third kappa shape index (κ3) is 2.81. The third-order valence-corrected chi connectivity index (χ3v) is 5.43. The van der Waals surface area contributed by atoms with Gasteiger partial charge in [-0.15, -0.1) is 0 Å². The average molecular weight is 386 g/mol. The van der Waals surface area contributed by atoms with Crippen LogP contribution in [0.25, 0.3) is 0 Å². The molecule has 21 heavy (non-hydrogen) atoms. The van der Waals surface area contributed by atoms with Crippen LogP contribution in [0.2, 0.25) is 10.0 Å². The van der Waals surface area contributed by atoms with Crippen LogP contribution < -0.4 is 4.74 Å². The summed E-state index contributed by atoms with van der Waals surface area (Å²) in [5.41, 5.74) is 3.46. The minimum Gasteiger partial charge on any atom is -0.492 e. The fraction of sp³-hybridized carbons (Fsp3) is 0.294. The molecule has 0 radical (unpaired) electrons. The molecule has 1 nitrogen and oxygen atoms in total. The molecule has 2 aromatic rings. The first-order chi connectivity index (χ1) is 9.88. The number of ether oxygens (including phenoxy) is 1. The molecule has 3 rings (SSSR count). The van der Waals surface area contributed by atoms with Crippen LogP contribution in [0.4, 0.5) is 0 Å². The summed E-state index contributed by atoms with van der Waals surface area (Å²) in [4.78, 5) is 0.0315. The molecule has 1 unspecified atom stereocenters. The molecule has 0 N–H and O–H groups in total. The topological polar surface area (TPSA) is 9.23 Å². The molecule has 1 atom stereocenters. The molecular weight excluding hydrogens is 371 g/mol. The number of hydrogen-bond acceptors (Lipinski definition) is 1. The van der Waals surface area contributed by atoms with Crippen LogP contribution in [0.1, 0.15) is 35.4 Å². The fourth-order valence-electron chi connectivity index (χ4n) is 2.58. The Morgan fingerprint density at radius 2 is 1.90 bits per heavy atom. The van der Waals surface area contributed by atoms with Crippen LogP contribution in [-0.2, 0) is 5.41 Å². The molecule has 0 bridgehead atoms. The number of halogens is 3. The van der Waals surface area contributed by atoms with Gasteiger partial charge in [0.05, 0.1) is 11.4 Å². The van der Waals surface area contributed by atoms with E-state index in [1.165, 1.54) is 5.56 Å². The number of fused-ring (bicyclic) bond motifs is 1. The van der Waals surface area contributed by atoms with E-state index in [0.717, 1.165) is 23.5 Å². The third-order valence-electron chi connectivity index (χ3n) is 3.85. The molecule has 0 fully saturated rings. The first kappa shape index (κ1) is 15.2. The molecule has 110 valence electrons. The smallest absolute Gasteiger partial charge is 0.123 e. The van der Waals surface area contributed by atoms with Crippen molar-refractivity contribution in [2.24, 2.45) is 0 Å². The summed E-state index contributed by atoms with van der Waals surface area (Å²) in [7, 11) is 0. The van der Waals surface area contributed by atoms with Crippen LogP contribution in [-0.4, -0.2) is 6.61 Å². The van der Waals surface area contributed by atoms with Crippen molar-refractivity contribution in [3.05, 3.63) is 63.1 Å². The van der Waals surface area contributed by atoms with Gasteiger partial charge in [-0.2, -0.15) is 0 Å². The minimum atomic E-state index is 0.0315. The highest BCUT2D eigenvalue weighted by molar-refractivity contribution is 9.09. The van der Waals surface area contributed by atoms with Gasteiger partial charge >= 0.3 is 0 Å². The average Bonchev–Trinajstić information content (AvgIpc) is 2.74. The summed E-state index contributed by atoms with van der Waals surface area (Å²) in [6, 6.07) is 11.9. The van der Waals surface area contributed by atoms with Gasteiger partial charge in [-0.1, -0.05) is 65.1 Å². The van der Waals surface area contributed by atoms with Gasteiger partial charge in [0.25, 0.3) is 0 Å². The number of alkyl halides is 1. The van der Waals surface area contributed by atoms with Gasteiger partial charge < -0.3 is 4.74 Å². The zero-order chi connectivity index (χ0) is 15.2. The maximum absolute atomic E-state index is 6.31. The lowest BCUT2D eigenvalue weighted by molar-refractivity contribution is 0.291. The number of rotatable bonds is 2. The summed E-state index contributed by atoms with van der Waals surface area (Å²) in [6.45, 7) is 5.11. The number of hydrogen-bond donors (Lipinski definition) is 0. The second-order valence-electron chi connectivity index (χ2n) is 5.96. The van der Waals surface area contributed by atoms with Gasteiger partial charge in [0.1, 0.15) is 5.75 Å². The Hall–Kier alpha value is -0.700. The Labute approximate surface area is 143 Å². The highest BCUT2D eigenvalue weighted by Crippen LogP contribution is 2.43. The molecular formula is C17H15BrCl2O. The summed E-state index contributed by atoms with van der Waals surface area (Å²) >= 11 is 16.0. The Kier molecular flexibility index (Phi) is 3.98. The summed E-state index contributed by atoms with van der Waals surface area (Å²) in [5.74, 6) is 0.977. The van der Waals surface area contributed by atoms with Crippen molar-refractivity contribution in [3.63, 3.8) is 0 Å². The second-order valence-corrected chi connectivity index (χ2v) is 7.72. The first-order valence-electron chi connectivity index (χ1n) is 6.75. The molecule has 0 saturated heterocycles. The van der Waals surface area contributed by atoms with Gasteiger partial charge in [-0.25, -0.2) is 0 Å². The van der Waals surface area contributed by atoms with E-state index in [2.05, 4.69) is 41.9 Å². The molecule has 0 aromatic heterocycles. The van der Waals surface area contributed by atoms with E-state index in [9.17, 15) is 0 Å². The normalized spacial score (nSPS) is 17.2. The highest BCUT2D eigenvalue weighted by Gasteiger charge is 2.32. The predicted molar refractivity (Wildman–Crippen MR) is 92.2 cm³/mol. The monoisotopic (exact) mass is 384 g/mol. The van der Waals surface area contributed by atoms with Gasteiger partial charge in [-0.3, -0.25) is 0 Å². The molecule has 0 spiro atoms. The van der Waals surface area contributed by atoms with Crippen molar-refractivity contribution in [2.45, 2.75) is 24.1 Å². The van der Waals surface area contributed by atoms with E-state index in [1.54, 1.807) is 6.07 Å². The molecule has 2 aromatic carbocycles. The lowest BCUT2D eigenvalue weighted by Gasteiger charge is -2.18. The van der Waals surface area contributed by atoms with Crippen molar-refractivity contribution < 1.29 is 4.74 Å². The molecule has 1 aliphatic heterocycles. The molecule has 1 aliphatic rings. The van der Waals surface area contributed by atoms with Crippen LogP contribution in [0, 0.1) is 0 Å². The summed E-state index contributed by atoms with van der Waals surface area (Å²) < 4.78 is 5.73. The second kappa shape index (κ2) is 5.49. The predicted octanol–water partition coefficient (Wildman–Crippen LogP) is 6.15. The lowest BCUT2D eigenvalue weighted by atomic mass is 9.85. The van der Waals surface area contributed by atoms with E-state index >= 15 is 0 Å². The zero-order valence-electron chi connectivity index (χ0n) is 11.8. The summed E-state index contributed by atoms with van der Waals surface area (Å²) in [5, 5.41) is 1.31. The van der Waals surface area contributed by atoms with Gasteiger partial charge in [0.2, 0.25) is 0 Å². The Bertz CT molecular complexity index is 697. The molecule has 0 saturated carbocycles. The van der Waals surface area contributed by atoms with E-state index in [0.29, 0.717) is 10.0 Å². The summed E-state index contributed by atoms with van der Waals surface area (Å²) in [6.07, 6.45) is 0. The van der Waals surface area contributed by atoms with E-state index < -0.39 is 0 Å². The Morgan fingerprint density at radius 3 is 2.62 bits per heavy atom. The maximum Gasteiger partial charge on any atom is 0.123 e. The Morgan fingerprint density at radius 1 is 1.14 bits per heavy atom. The standard InChI is InChI=1S/C17H15BrCl2O/c1-17(2)9-21-15-6-3-10(7-13(15)17)16(18)12-5-4-11(19)8-14(12)20/h3-8,16H,9H2,1-2H3. The lowest BCUT2D eigenvalue weighted by Crippen LogP contribution is -2.18. The van der Waals surface area contributed by atoms with E-state index in [4.69, 9.17) is 27.9 Å². The van der Waals surface area contributed by atoms with Crippen LogP contribution in [0.5, 0.6) is 5.75 Å². The highest BCUT2D eigenvalue weighted by atomic mass is 79.9. The largest absolute Gasteiger partial charge is 0.492 e. The van der Waals surface area contributed by atoms with Crippen molar-refractivity contribution in [1.29, 1.82) is 0 Å². The van der Waals surface area contributed by atoms with Crippen molar-refractivity contribution in [3.8, 4) is 5.75 Å². The first-order valence-corrected chi connectivity index (χ1v) is 8.42. The van der Waals surface area contributed by atoms with Crippen molar-refractivity contribution in [2.75, 3.05) is 6.61 Å². The van der Waals surface area contributed by atoms with Crippen molar-refractivity contribution >= 4 is 39.1 Å². The van der Waals surface area contributed by atoms with Gasteiger partial charge in [-0.05, 0) is 35.4 Å². The van der Waals surface area contributed by atoms with Gasteiger partial charge in [0, 0.05) is 21.0 Å². The minimum absolute atomic E-state index is 0.0315. The molecule has 1 heterocycles. The van der Waals surface area contributed by atoms with Gasteiger partial charge in [0.15, 0.2) is 0 Å². The fourth-order valence-corrected chi connectivity index (χ4v) is 3.92. The maximum atomic E-state index is 6.31. The van der Waals surface area contributed by atoms with Crippen LogP contribution in [0.15, 0.2) is 36.4 Å². The quantitative estimate of drug-likeness (QED) is 0.563. The van der Waals surface area contributed by atoms with E-state index in [-0.39, 0.29) is 10.2 Å². The Balaban J connectivity index is 2.01. The number of benzene rings is 2. The SMILES string of the molecule is CC1(C)COc2ccc(C(Br)c3ccc(Cl)cc3Cl)cc21. The van der Waals surface area contributed by atoms with Crippen LogP contribution in [0.3, 0.4) is 0 Å². The molecule has 4 heteroatoms. The zero-order valence-corrected chi connectivity index (χ0v) is 14.9.